The van der Waals surface area contributed by atoms with Gasteiger partial charge in [0, 0.05) is 28.4 Å². The number of anilines is 1. The van der Waals surface area contributed by atoms with E-state index in [1.165, 1.54) is 19.1 Å². The van der Waals surface area contributed by atoms with Crippen LogP contribution in [0.4, 0.5) is 5.69 Å². The Morgan fingerprint density at radius 1 is 0.946 bits per heavy atom. The van der Waals surface area contributed by atoms with E-state index in [1.54, 1.807) is 24.4 Å². The van der Waals surface area contributed by atoms with Crippen molar-refractivity contribution in [2.75, 3.05) is 19.1 Å². The molecule has 1 aliphatic heterocycles. The van der Waals surface area contributed by atoms with E-state index in [1.807, 2.05) is 48.5 Å². The summed E-state index contributed by atoms with van der Waals surface area (Å²) in [4.78, 5) is 31.6. The van der Waals surface area contributed by atoms with Gasteiger partial charge in [0.15, 0.2) is 11.5 Å². The minimum atomic E-state index is -0.877. The number of H-pyrrole nitrogens is 1. The number of hydrogen-bond donors (Lipinski definition) is 2. The zero-order valence-corrected chi connectivity index (χ0v) is 21.1. The quantitative estimate of drug-likeness (QED) is 0.196. The first kappa shape index (κ1) is 24.2. The van der Waals surface area contributed by atoms with E-state index in [4.69, 9.17) is 9.47 Å². The number of ether oxygens (including phenoxy) is 2. The number of amides is 1. The SMILES string of the molecule is COc1ccc(C2/C(=C(/O)c3c[nH]c4ccccc34)C(=O)C(=O)N2c2ccc(C(C)C)cc2)cc1OC. The van der Waals surface area contributed by atoms with Gasteiger partial charge in [-0.15, -0.1) is 0 Å². The lowest BCUT2D eigenvalue weighted by Gasteiger charge is -2.26. The van der Waals surface area contributed by atoms with Gasteiger partial charge in [0.05, 0.1) is 25.8 Å². The maximum atomic E-state index is 13.5. The van der Waals surface area contributed by atoms with Crippen LogP contribution in [0.2, 0.25) is 0 Å². The Morgan fingerprint density at radius 2 is 1.65 bits per heavy atom. The van der Waals surface area contributed by atoms with Crippen molar-refractivity contribution < 1.29 is 24.2 Å². The molecule has 1 aliphatic rings. The number of Topliss-reactive ketones (excluding diaryl/α,β-unsaturated/α-hetero) is 1. The molecule has 1 amide bonds. The predicted molar refractivity (Wildman–Crippen MR) is 143 cm³/mol. The molecule has 3 aromatic carbocycles. The van der Waals surface area contributed by atoms with Crippen LogP contribution < -0.4 is 14.4 Å². The molecule has 37 heavy (non-hydrogen) atoms. The molecule has 2 heterocycles. The average molecular weight is 497 g/mol. The third kappa shape index (κ3) is 4.02. The first-order valence-corrected chi connectivity index (χ1v) is 12.0. The van der Waals surface area contributed by atoms with Crippen molar-refractivity contribution in [1.82, 2.24) is 4.98 Å². The number of aliphatic hydroxyl groups excluding tert-OH is 1. The third-order valence-corrected chi connectivity index (χ3v) is 6.85. The number of carbonyl (C=O) groups excluding carboxylic acids is 2. The lowest BCUT2D eigenvalue weighted by Crippen LogP contribution is -2.29. The van der Waals surface area contributed by atoms with Crippen molar-refractivity contribution >= 4 is 34.0 Å². The summed E-state index contributed by atoms with van der Waals surface area (Å²) in [6, 6.07) is 19.4. The summed E-state index contributed by atoms with van der Waals surface area (Å²) in [5, 5.41) is 12.3. The standard InChI is InChI=1S/C30H28N2O5/c1-17(2)18-9-12-20(13-10-18)32-27(19-11-14-24(36-3)25(15-19)37-4)26(29(34)30(32)35)28(33)22-16-31-23-8-6-5-7-21(22)23/h5-17,27,31,33H,1-4H3/b28-26-. The maximum Gasteiger partial charge on any atom is 0.300 e. The zero-order chi connectivity index (χ0) is 26.3. The summed E-state index contributed by atoms with van der Waals surface area (Å²) in [5.41, 5.74) is 3.55. The highest BCUT2D eigenvalue weighted by molar-refractivity contribution is 6.51. The summed E-state index contributed by atoms with van der Waals surface area (Å²) in [6.07, 6.45) is 1.65. The Morgan fingerprint density at radius 3 is 2.32 bits per heavy atom. The van der Waals surface area contributed by atoms with E-state index in [0.29, 0.717) is 34.2 Å². The number of nitrogens with zero attached hydrogens (tertiary/aromatic N) is 1. The number of aliphatic hydroxyl groups is 1. The number of benzene rings is 3. The number of ketones is 1. The molecule has 4 aromatic rings. The van der Waals surface area contributed by atoms with E-state index in [2.05, 4.69) is 18.8 Å². The van der Waals surface area contributed by atoms with Gasteiger partial charge in [-0.25, -0.2) is 0 Å². The topological polar surface area (TPSA) is 91.9 Å². The largest absolute Gasteiger partial charge is 0.507 e. The molecule has 5 rings (SSSR count). The predicted octanol–water partition coefficient (Wildman–Crippen LogP) is 5.93. The van der Waals surface area contributed by atoms with Crippen LogP contribution in [0.3, 0.4) is 0 Å². The Kier molecular flexibility index (Phi) is 6.21. The van der Waals surface area contributed by atoms with E-state index in [9.17, 15) is 14.7 Å². The smallest absolute Gasteiger partial charge is 0.300 e. The van der Waals surface area contributed by atoms with Gasteiger partial charge in [0.1, 0.15) is 5.76 Å². The number of rotatable bonds is 6. The Bertz CT molecular complexity index is 1530. The van der Waals surface area contributed by atoms with Crippen LogP contribution in [0.1, 0.15) is 42.5 Å². The highest BCUT2D eigenvalue weighted by atomic mass is 16.5. The molecule has 1 aromatic heterocycles. The van der Waals surface area contributed by atoms with Crippen molar-refractivity contribution in [3.05, 3.63) is 95.2 Å². The number of aromatic nitrogens is 1. The van der Waals surface area contributed by atoms with E-state index in [0.717, 1.165) is 16.5 Å². The lowest BCUT2D eigenvalue weighted by molar-refractivity contribution is -0.132. The fraction of sp³-hybridized carbons (Fsp3) is 0.200. The van der Waals surface area contributed by atoms with Crippen molar-refractivity contribution in [3.8, 4) is 11.5 Å². The minimum Gasteiger partial charge on any atom is -0.507 e. The molecule has 1 atom stereocenters. The number of para-hydroxylation sites is 1. The molecule has 1 fully saturated rings. The van der Waals surface area contributed by atoms with Gasteiger partial charge in [-0.1, -0.05) is 50.2 Å². The Hall–Kier alpha value is -4.52. The van der Waals surface area contributed by atoms with Crippen molar-refractivity contribution in [2.45, 2.75) is 25.8 Å². The summed E-state index contributed by atoms with van der Waals surface area (Å²) < 4.78 is 10.9. The van der Waals surface area contributed by atoms with Crippen LogP contribution in [-0.2, 0) is 9.59 Å². The number of carbonyl (C=O) groups is 2. The fourth-order valence-electron chi connectivity index (χ4n) is 4.87. The maximum absolute atomic E-state index is 13.5. The molecule has 0 radical (unpaired) electrons. The molecular formula is C30H28N2O5. The zero-order valence-electron chi connectivity index (χ0n) is 21.1. The molecule has 0 spiro atoms. The molecule has 1 unspecified atom stereocenters. The van der Waals surface area contributed by atoms with Gasteiger partial charge in [-0.3, -0.25) is 14.5 Å². The van der Waals surface area contributed by atoms with Gasteiger partial charge in [-0.2, -0.15) is 0 Å². The van der Waals surface area contributed by atoms with Crippen LogP contribution in [0.15, 0.2) is 78.5 Å². The van der Waals surface area contributed by atoms with Crippen molar-refractivity contribution in [3.63, 3.8) is 0 Å². The second-order valence-electron chi connectivity index (χ2n) is 9.28. The van der Waals surface area contributed by atoms with Gasteiger partial charge >= 0.3 is 0 Å². The first-order valence-electron chi connectivity index (χ1n) is 12.0. The van der Waals surface area contributed by atoms with Crippen LogP contribution in [-0.4, -0.2) is 36.0 Å². The van der Waals surface area contributed by atoms with E-state index < -0.39 is 17.7 Å². The van der Waals surface area contributed by atoms with E-state index in [-0.39, 0.29) is 11.3 Å². The Labute approximate surface area is 214 Å². The monoisotopic (exact) mass is 496 g/mol. The molecule has 2 N–H and O–H groups in total. The first-order chi connectivity index (χ1) is 17.8. The fourth-order valence-corrected chi connectivity index (χ4v) is 4.87. The van der Waals surface area contributed by atoms with E-state index >= 15 is 0 Å². The van der Waals surface area contributed by atoms with Crippen LogP contribution in [0, 0.1) is 0 Å². The Balaban J connectivity index is 1.74. The highest BCUT2D eigenvalue weighted by Crippen LogP contribution is 2.44. The van der Waals surface area contributed by atoms with Gasteiger partial charge in [-0.05, 0) is 47.4 Å². The van der Waals surface area contributed by atoms with Crippen LogP contribution in [0.5, 0.6) is 11.5 Å². The molecular weight excluding hydrogens is 468 g/mol. The summed E-state index contributed by atoms with van der Waals surface area (Å²) >= 11 is 0. The van der Waals surface area contributed by atoms with Gasteiger partial charge in [0.2, 0.25) is 0 Å². The number of fused-ring (bicyclic) bond motifs is 1. The number of hydrogen-bond acceptors (Lipinski definition) is 5. The average Bonchev–Trinajstić information content (AvgIpc) is 3.47. The molecule has 188 valence electrons. The summed E-state index contributed by atoms with van der Waals surface area (Å²) in [6.45, 7) is 4.18. The van der Waals surface area contributed by atoms with Gasteiger partial charge < -0.3 is 19.6 Å². The molecule has 7 heteroatoms. The number of aromatic amines is 1. The number of nitrogens with one attached hydrogen (secondary N) is 1. The molecule has 0 aliphatic carbocycles. The summed E-state index contributed by atoms with van der Waals surface area (Å²) in [7, 11) is 3.06. The number of methoxy groups -OCH3 is 2. The second kappa shape index (κ2) is 9.50. The lowest BCUT2D eigenvalue weighted by atomic mass is 9.94. The highest BCUT2D eigenvalue weighted by Gasteiger charge is 2.47. The molecule has 0 bridgehead atoms. The molecule has 1 saturated heterocycles. The van der Waals surface area contributed by atoms with Crippen molar-refractivity contribution in [2.24, 2.45) is 0 Å². The summed E-state index contributed by atoms with van der Waals surface area (Å²) in [5.74, 6) is -0.423. The normalized spacial score (nSPS) is 17.1. The minimum absolute atomic E-state index is 0.00918. The van der Waals surface area contributed by atoms with Crippen molar-refractivity contribution in [1.29, 1.82) is 0 Å². The van der Waals surface area contributed by atoms with Crippen LogP contribution >= 0.6 is 0 Å². The second-order valence-corrected chi connectivity index (χ2v) is 9.28. The molecule has 0 saturated carbocycles. The van der Waals surface area contributed by atoms with Crippen LogP contribution in [0.25, 0.3) is 16.7 Å². The molecule has 7 nitrogen and oxygen atoms in total. The van der Waals surface area contributed by atoms with Gasteiger partial charge in [0.25, 0.3) is 11.7 Å². The third-order valence-electron chi connectivity index (χ3n) is 6.85.